The number of Topliss-reactive ketones (excluding diaryl/α,β-unsaturated/α-hetero) is 2. The normalized spacial score (nSPS) is 19.2. The van der Waals surface area contributed by atoms with Crippen molar-refractivity contribution in [1.29, 1.82) is 0 Å². The summed E-state index contributed by atoms with van der Waals surface area (Å²) >= 11 is 0. The van der Waals surface area contributed by atoms with Crippen molar-refractivity contribution in [3.05, 3.63) is 17.7 Å². The maximum absolute atomic E-state index is 12.7. The first-order valence-corrected chi connectivity index (χ1v) is 9.53. The molecule has 0 saturated heterocycles. The Morgan fingerprint density at radius 1 is 0.833 bits per heavy atom. The van der Waals surface area contributed by atoms with E-state index in [1.54, 1.807) is 13.8 Å². The number of esters is 2. The Balaban J connectivity index is 2.73. The quantitative estimate of drug-likeness (QED) is 0.456. The Hall–Kier alpha value is -3.10. The molecule has 164 valence electrons. The molecule has 1 saturated carbocycles. The van der Waals surface area contributed by atoms with E-state index in [-0.39, 0.29) is 30.5 Å². The van der Waals surface area contributed by atoms with Gasteiger partial charge in [0.15, 0.2) is 23.1 Å². The molecule has 0 N–H and O–H groups in total. The second-order valence-corrected chi connectivity index (χ2v) is 6.55. The molecule has 9 nitrogen and oxygen atoms in total. The van der Waals surface area contributed by atoms with Crippen LogP contribution in [0.15, 0.2) is 12.1 Å². The van der Waals surface area contributed by atoms with Crippen LogP contribution in [0.1, 0.15) is 31.7 Å². The standard InChI is InChI=1S/C21H26O9/c1-6-29-20(24)17-12(22)10-13(23)18(21(25)30-7-2)16(17)11-8-14(26-3)19(28-5)15(9-11)27-4/h8-9,16-18H,6-7,10H2,1-5H3/t17-,18-/m1/s1. The van der Waals surface area contributed by atoms with E-state index in [4.69, 9.17) is 23.7 Å². The molecule has 0 bridgehead atoms. The third kappa shape index (κ3) is 4.39. The minimum absolute atomic E-state index is 0.0443. The summed E-state index contributed by atoms with van der Waals surface area (Å²) in [4.78, 5) is 50.7. The fourth-order valence-electron chi connectivity index (χ4n) is 3.68. The Bertz CT molecular complexity index is 769. The first kappa shape index (κ1) is 23.2. The highest BCUT2D eigenvalue weighted by atomic mass is 16.5. The molecule has 2 atom stereocenters. The molecule has 1 aromatic carbocycles. The molecule has 0 radical (unpaired) electrons. The lowest BCUT2D eigenvalue weighted by Crippen LogP contribution is -2.47. The topological polar surface area (TPSA) is 114 Å². The fourth-order valence-corrected chi connectivity index (χ4v) is 3.68. The van der Waals surface area contributed by atoms with Crippen LogP contribution in [-0.4, -0.2) is 58.0 Å². The molecular formula is C21H26O9. The largest absolute Gasteiger partial charge is 0.493 e. The summed E-state index contributed by atoms with van der Waals surface area (Å²) in [6, 6.07) is 3.02. The summed E-state index contributed by atoms with van der Waals surface area (Å²) in [5, 5.41) is 0. The van der Waals surface area contributed by atoms with Gasteiger partial charge >= 0.3 is 11.9 Å². The van der Waals surface area contributed by atoms with Gasteiger partial charge in [-0.3, -0.25) is 19.2 Å². The highest BCUT2D eigenvalue weighted by Gasteiger charge is 2.52. The third-order valence-electron chi connectivity index (χ3n) is 4.91. The van der Waals surface area contributed by atoms with Gasteiger partial charge in [-0.1, -0.05) is 0 Å². The van der Waals surface area contributed by atoms with Gasteiger partial charge in [-0.25, -0.2) is 0 Å². The highest BCUT2D eigenvalue weighted by Crippen LogP contribution is 2.46. The summed E-state index contributed by atoms with van der Waals surface area (Å²) in [6.07, 6.45) is -0.548. The van der Waals surface area contributed by atoms with Crippen molar-refractivity contribution in [2.45, 2.75) is 26.2 Å². The molecular weight excluding hydrogens is 396 g/mol. The third-order valence-corrected chi connectivity index (χ3v) is 4.91. The number of carbonyl (C=O) groups is 4. The van der Waals surface area contributed by atoms with E-state index in [1.807, 2.05) is 0 Å². The van der Waals surface area contributed by atoms with E-state index in [9.17, 15) is 19.2 Å². The Kier molecular flexibility index (Phi) is 7.79. The van der Waals surface area contributed by atoms with E-state index in [0.29, 0.717) is 5.56 Å². The van der Waals surface area contributed by atoms with Gasteiger partial charge in [-0.05, 0) is 31.5 Å². The van der Waals surface area contributed by atoms with Crippen molar-refractivity contribution in [3.8, 4) is 17.2 Å². The zero-order valence-corrected chi connectivity index (χ0v) is 17.7. The van der Waals surface area contributed by atoms with Crippen LogP contribution >= 0.6 is 0 Å². The molecule has 0 unspecified atom stereocenters. The number of hydrogen-bond donors (Lipinski definition) is 0. The molecule has 9 heteroatoms. The van der Waals surface area contributed by atoms with E-state index in [2.05, 4.69) is 0 Å². The number of methoxy groups -OCH3 is 3. The first-order valence-electron chi connectivity index (χ1n) is 9.53. The average Bonchev–Trinajstić information content (AvgIpc) is 2.72. The van der Waals surface area contributed by atoms with Gasteiger partial charge in [0.25, 0.3) is 0 Å². The van der Waals surface area contributed by atoms with Crippen molar-refractivity contribution >= 4 is 23.5 Å². The van der Waals surface area contributed by atoms with Crippen molar-refractivity contribution in [2.24, 2.45) is 11.8 Å². The van der Waals surface area contributed by atoms with Crippen molar-refractivity contribution in [1.82, 2.24) is 0 Å². The number of carbonyl (C=O) groups excluding carboxylic acids is 4. The van der Waals surface area contributed by atoms with Crippen LogP contribution in [0, 0.1) is 11.8 Å². The van der Waals surface area contributed by atoms with Gasteiger partial charge in [0.2, 0.25) is 5.75 Å². The average molecular weight is 422 g/mol. The molecule has 0 amide bonds. The monoisotopic (exact) mass is 422 g/mol. The zero-order chi connectivity index (χ0) is 22.4. The van der Waals surface area contributed by atoms with Crippen LogP contribution in [0.5, 0.6) is 17.2 Å². The maximum Gasteiger partial charge on any atom is 0.317 e. The van der Waals surface area contributed by atoms with Gasteiger partial charge in [0, 0.05) is 5.92 Å². The van der Waals surface area contributed by atoms with E-state index in [1.165, 1.54) is 33.5 Å². The minimum Gasteiger partial charge on any atom is -0.493 e. The maximum atomic E-state index is 12.7. The number of rotatable bonds is 8. The molecule has 0 aromatic heterocycles. The van der Waals surface area contributed by atoms with Crippen molar-refractivity contribution < 1.29 is 42.9 Å². The van der Waals surface area contributed by atoms with E-state index in [0.717, 1.165) is 0 Å². The van der Waals surface area contributed by atoms with Crippen LogP contribution in [-0.2, 0) is 28.7 Å². The minimum atomic E-state index is -1.35. The zero-order valence-electron chi connectivity index (χ0n) is 17.7. The number of hydrogen-bond acceptors (Lipinski definition) is 9. The van der Waals surface area contributed by atoms with Gasteiger partial charge in [-0.15, -0.1) is 0 Å². The lowest BCUT2D eigenvalue weighted by atomic mass is 9.67. The van der Waals surface area contributed by atoms with Gasteiger partial charge in [0.1, 0.15) is 11.8 Å². The van der Waals surface area contributed by atoms with Crippen molar-refractivity contribution in [3.63, 3.8) is 0 Å². The van der Waals surface area contributed by atoms with Crippen LogP contribution in [0.3, 0.4) is 0 Å². The van der Waals surface area contributed by atoms with Crippen LogP contribution in [0.2, 0.25) is 0 Å². The Labute approximate surface area is 174 Å². The van der Waals surface area contributed by atoms with Crippen LogP contribution < -0.4 is 14.2 Å². The Morgan fingerprint density at radius 2 is 1.27 bits per heavy atom. The van der Waals surface area contributed by atoms with E-state index >= 15 is 0 Å². The SMILES string of the molecule is CCOC(=O)[C@@H]1C(=O)CC(=O)[C@@H](C(=O)OCC)C1c1cc(OC)c(OC)c(OC)c1. The van der Waals surface area contributed by atoms with Gasteiger partial charge in [0.05, 0.1) is 41.0 Å². The molecule has 30 heavy (non-hydrogen) atoms. The molecule has 1 aliphatic carbocycles. The van der Waals surface area contributed by atoms with Crippen molar-refractivity contribution in [2.75, 3.05) is 34.5 Å². The lowest BCUT2D eigenvalue weighted by molar-refractivity contribution is -0.161. The Morgan fingerprint density at radius 3 is 1.60 bits per heavy atom. The smallest absolute Gasteiger partial charge is 0.317 e. The van der Waals surface area contributed by atoms with Crippen LogP contribution in [0.4, 0.5) is 0 Å². The molecule has 1 fully saturated rings. The summed E-state index contributed by atoms with van der Waals surface area (Å²) in [6.45, 7) is 3.30. The molecule has 0 heterocycles. The van der Waals surface area contributed by atoms with E-state index < -0.39 is 47.7 Å². The number of ketones is 2. The predicted molar refractivity (Wildman–Crippen MR) is 104 cm³/mol. The summed E-state index contributed by atoms with van der Waals surface area (Å²) < 4.78 is 26.1. The molecule has 1 aliphatic rings. The number of ether oxygens (including phenoxy) is 5. The molecule has 2 rings (SSSR count). The second-order valence-electron chi connectivity index (χ2n) is 6.55. The first-order chi connectivity index (χ1) is 14.3. The number of benzene rings is 1. The van der Waals surface area contributed by atoms with Gasteiger partial charge < -0.3 is 23.7 Å². The molecule has 0 aliphatic heterocycles. The molecule has 1 aromatic rings. The second kappa shape index (κ2) is 10.1. The summed E-state index contributed by atoms with van der Waals surface area (Å²) in [7, 11) is 4.24. The lowest BCUT2D eigenvalue weighted by Gasteiger charge is -2.34. The van der Waals surface area contributed by atoms with Crippen LogP contribution in [0.25, 0.3) is 0 Å². The van der Waals surface area contributed by atoms with Gasteiger partial charge in [-0.2, -0.15) is 0 Å². The summed E-state index contributed by atoms with van der Waals surface area (Å²) in [5.74, 6) is -5.87. The summed E-state index contributed by atoms with van der Waals surface area (Å²) in [5.41, 5.74) is 0.321. The molecule has 0 spiro atoms. The highest BCUT2D eigenvalue weighted by molar-refractivity contribution is 6.17. The fraction of sp³-hybridized carbons (Fsp3) is 0.524. The predicted octanol–water partition coefficient (Wildman–Crippen LogP) is 1.70.